The summed E-state index contributed by atoms with van der Waals surface area (Å²) >= 11 is 4.69. The van der Waals surface area contributed by atoms with E-state index < -0.39 is 12.0 Å². The molecule has 1 atom stereocenters. The number of carboxylic acid groups (broad SMARTS) is 1. The van der Waals surface area contributed by atoms with Crippen molar-refractivity contribution in [1.29, 1.82) is 0 Å². The summed E-state index contributed by atoms with van der Waals surface area (Å²) < 4.78 is 0.789. The molecule has 6 nitrogen and oxygen atoms in total. The van der Waals surface area contributed by atoms with Crippen LogP contribution in [0.5, 0.6) is 0 Å². The summed E-state index contributed by atoms with van der Waals surface area (Å²) in [4.78, 5) is 14.5. The molecule has 1 heterocycles. The van der Waals surface area contributed by atoms with Gasteiger partial charge in [-0.25, -0.2) is 0 Å². The van der Waals surface area contributed by atoms with Crippen molar-refractivity contribution < 1.29 is 9.90 Å². The van der Waals surface area contributed by atoms with Crippen LogP contribution in [-0.2, 0) is 4.79 Å². The molecule has 0 aliphatic rings. The standard InChI is InChI=1S/C9H11BrN4O2S/c10-6-2-5-17-8(6)7(9(15)16)12-3-1-4-13-14-11/h2,5,7,12H,1,3-4H2,(H,15,16). The van der Waals surface area contributed by atoms with Gasteiger partial charge in [0.05, 0.1) is 0 Å². The Morgan fingerprint density at radius 3 is 3.06 bits per heavy atom. The van der Waals surface area contributed by atoms with E-state index in [1.165, 1.54) is 11.3 Å². The van der Waals surface area contributed by atoms with Crippen LogP contribution in [0.1, 0.15) is 17.3 Å². The Bertz CT molecular complexity index is 430. The number of rotatable bonds is 7. The Kier molecular flexibility index (Phi) is 5.99. The van der Waals surface area contributed by atoms with Crippen molar-refractivity contribution in [2.24, 2.45) is 5.11 Å². The van der Waals surface area contributed by atoms with Gasteiger partial charge in [0.15, 0.2) is 0 Å². The molecule has 0 amide bonds. The van der Waals surface area contributed by atoms with Crippen LogP contribution < -0.4 is 5.32 Å². The average molecular weight is 319 g/mol. The number of carboxylic acids is 1. The zero-order chi connectivity index (χ0) is 12.7. The number of halogens is 1. The smallest absolute Gasteiger partial charge is 0.326 e. The number of hydrogen-bond donors (Lipinski definition) is 2. The number of nitrogens with zero attached hydrogens (tertiary/aromatic N) is 3. The molecular weight excluding hydrogens is 308 g/mol. The second kappa shape index (κ2) is 7.29. The Hall–Kier alpha value is -1.08. The van der Waals surface area contributed by atoms with E-state index in [1.807, 2.05) is 11.4 Å². The molecule has 1 unspecified atom stereocenters. The van der Waals surface area contributed by atoms with Gasteiger partial charge in [0.1, 0.15) is 6.04 Å². The minimum absolute atomic E-state index is 0.363. The van der Waals surface area contributed by atoms with E-state index in [2.05, 4.69) is 31.3 Å². The third-order valence-corrected chi connectivity index (χ3v) is 3.94. The van der Waals surface area contributed by atoms with Crippen molar-refractivity contribution in [3.8, 4) is 0 Å². The van der Waals surface area contributed by atoms with Gasteiger partial charge in [-0.3, -0.25) is 4.79 Å². The molecule has 0 fully saturated rings. The molecule has 0 aliphatic heterocycles. The van der Waals surface area contributed by atoms with E-state index in [0.29, 0.717) is 19.5 Å². The van der Waals surface area contributed by atoms with Crippen LogP contribution in [0.25, 0.3) is 10.4 Å². The summed E-state index contributed by atoms with van der Waals surface area (Å²) in [7, 11) is 0. The maximum absolute atomic E-state index is 11.1. The lowest BCUT2D eigenvalue weighted by atomic mass is 10.2. The predicted octanol–water partition coefficient (Wildman–Crippen LogP) is 2.93. The fraction of sp³-hybridized carbons (Fsp3) is 0.444. The molecule has 1 rings (SSSR count). The molecule has 92 valence electrons. The van der Waals surface area contributed by atoms with Gasteiger partial charge in [0.25, 0.3) is 0 Å². The van der Waals surface area contributed by atoms with Gasteiger partial charge in [0, 0.05) is 20.8 Å². The minimum Gasteiger partial charge on any atom is -0.480 e. The van der Waals surface area contributed by atoms with Gasteiger partial charge in [0.2, 0.25) is 0 Å². The van der Waals surface area contributed by atoms with Crippen LogP contribution >= 0.6 is 27.3 Å². The van der Waals surface area contributed by atoms with E-state index in [1.54, 1.807) is 0 Å². The van der Waals surface area contributed by atoms with Crippen LogP contribution in [0.4, 0.5) is 0 Å². The number of azide groups is 1. The summed E-state index contributed by atoms with van der Waals surface area (Å²) in [5.74, 6) is -0.920. The Labute approximate surface area is 110 Å². The van der Waals surface area contributed by atoms with Crippen molar-refractivity contribution in [2.45, 2.75) is 12.5 Å². The SMILES string of the molecule is [N-]=[N+]=NCCCNC(C(=O)O)c1sccc1Br. The summed E-state index contributed by atoms with van der Waals surface area (Å²) in [6, 6.07) is 1.09. The highest BCUT2D eigenvalue weighted by Gasteiger charge is 2.22. The molecular formula is C9H11BrN4O2S. The van der Waals surface area contributed by atoms with E-state index in [4.69, 9.17) is 10.6 Å². The van der Waals surface area contributed by atoms with Crippen molar-refractivity contribution in [3.63, 3.8) is 0 Å². The van der Waals surface area contributed by atoms with E-state index >= 15 is 0 Å². The number of carbonyl (C=O) groups is 1. The molecule has 0 spiro atoms. The van der Waals surface area contributed by atoms with Crippen LogP contribution in [0, 0.1) is 0 Å². The van der Waals surface area contributed by atoms with Crippen molar-refractivity contribution >= 4 is 33.2 Å². The molecule has 0 aromatic carbocycles. The van der Waals surface area contributed by atoms with Crippen molar-refractivity contribution in [1.82, 2.24) is 5.32 Å². The van der Waals surface area contributed by atoms with E-state index in [0.717, 1.165) is 9.35 Å². The molecule has 0 aliphatic carbocycles. The number of aliphatic carboxylic acids is 1. The largest absolute Gasteiger partial charge is 0.480 e. The summed E-state index contributed by atoms with van der Waals surface area (Å²) in [5.41, 5.74) is 8.09. The van der Waals surface area contributed by atoms with Crippen molar-refractivity contribution in [2.75, 3.05) is 13.1 Å². The fourth-order valence-electron chi connectivity index (χ4n) is 1.24. The Balaban J connectivity index is 2.53. The highest BCUT2D eigenvalue weighted by molar-refractivity contribution is 9.10. The maximum atomic E-state index is 11.1. The van der Waals surface area contributed by atoms with E-state index in [9.17, 15) is 4.79 Å². The van der Waals surface area contributed by atoms with Gasteiger partial charge in [-0.15, -0.1) is 11.3 Å². The first-order valence-electron chi connectivity index (χ1n) is 4.86. The number of hydrogen-bond acceptors (Lipinski definition) is 4. The minimum atomic E-state index is -0.920. The van der Waals surface area contributed by atoms with Gasteiger partial charge in [-0.1, -0.05) is 5.11 Å². The molecule has 0 bridgehead atoms. The monoisotopic (exact) mass is 318 g/mol. The second-order valence-corrected chi connectivity index (χ2v) is 4.97. The summed E-state index contributed by atoms with van der Waals surface area (Å²) in [6.07, 6.45) is 0.608. The van der Waals surface area contributed by atoms with Gasteiger partial charge in [-0.05, 0) is 45.9 Å². The third kappa shape index (κ3) is 4.35. The molecule has 0 radical (unpaired) electrons. The van der Waals surface area contributed by atoms with Crippen LogP contribution in [0.3, 0.4) is 0 Å². The lowest BCUT2D eigenvalue weighted by Crippen LogP contribution is -2.29. The summed E-state index contributed by atoms with van der Waals surface area (Å²) in [6.45, 7) is 0.849. The van der Waals surface area contributed by atoms with Gasteiger partial charge < -0.3 is 10.4 Å². The Morgan fingerprint density at radius 1 is 1.76 bits per heavy atom. The first-order chi connectivity index (χ1) is 8.16. The first kappa shape index (κ1) is 14.0. The van der Waals surface area contributed by atoms with E-state index in [-0.39, 0.29) is 0 Å². The Morgan fingerprint density at radius 2 is 2.53 bits per heavy atom. The fourth-order valence-corrected chi connectivity index (χ4v) is 2.91. The lowest BCUT2D eigenvalue weighted by Gasteiger charge is -2.13. The summed E-state index contributed by atoms with van der Waals surface area (Å²) in [5, 5.41) is 17.2. The molecule has 8 heteroatoms. The third-order valence-electron chi connectivity index (χ3n) is 2.00. The molecule has 1 aromatic heterocycles. The zero-order valence-corrected chi connectivity index (χ0v) is 11.2. The topological polar surface area (TPSA) is 98.1 Å². The van der Waals surface area contributed by atoms with Crippen molar-refractivity contribution in [3.05, 3.63) is 31.2 Å². The number of nitrogens with one attached hydrogen (secondary N) is 1. The number of thiophene rings is 1. The van der Waals surface area contributed by atoms with Crippen LogP contribution in [0.2, 0.25) is 0 Å². The predicted molar refractivity (Wildman–Crippen MR) is 69.0 cm³/mol. The highest BCUT2D eigenvalue weighted by atomic mass is 79.9. The first-order valence-corrected chi connectivity index (χ1v) is 6.54. The molecule has 0 saturated heterocycles. The average Bonchev–Trinajstić information content (AvgIpc) is 2.69. The molecule has 17 heavy (non-hydrogen) atoms. The zero-order valence-electron chi connectivity index (χ0n) is 8.84. The molecule has 2 N–H and O–H groups in total. The maximum Gasteiger partial charge on any atom is 0.326 e. The van der Waals surface area contributed by atoms with Crippen LogP contribution in [-0.4, -0.2) is 24.2 Å². The second-order valence-electron chi connectivity index (χ2n) is 3.17. The van der Waals surface area contributed by atoms with Crippen LogP contribution in [0.15, 0.2) is 21.0 Å². The highest BCUT2D eigenvalue weighted by Crippen LogP contribution is 2.29. The quantitative estimate of drug-likeness (QED) is 0.350. The molecule has 0 saturated carbocycles. The molecule has 1 aromatic rings. The van der Waals surface area contributed by atoms with Gasteiger partial charge in [-0.2, -0.15) is 0 Å². The lowest BCUT2D eigenvalue weighted by molar-refractivity contribution is -0.139. The van der Waals surface area contributed by atoms with Gasteiger partial charge >= 0.3 is 5.97 Å². The normalized spacial score (nSPS) is 11.8.